The normalized spacial score (nSPS) is 11.8. The maximum Gasteiger partial charge on any atom is 0.124 e. The van der Waals surface area contributed by atoms with Crippen LogP contribution in [0.4, 0.5) is 0 Å². The van der Waals surface area contributed by atoms with Crippen molar-refractivity contribution < 1.29 is 26.2 Å². The van der Waals surface area contributed by atoms with Crippen LogP contribution in [0.5, 0.6) is 5.75 Å². The van der Waals surface area contributed by atoms with E-state index in [0.29, 0.717) is 23.7 Å². The number of phenolic OH excluding ortho intramolecular Hbond substituents is 1. The van der Waals surface area contributed by atoms with E-state index in [1.807, 2.05) is 18.3 Å². The fourth-order valence-corrected chi connectivity index (χ4v) is 8.59. The Balaban J connectivity index is 0.00000561. The molecular weight excluding hydrogens is 856 g/mol. The summed E-state index contributed by atoms with van der Waals surface area (Å²) in [5, 5.41) is 12.7. The van der Waals surface area contributed by atoms with Crippen LogP contribution in [0, 0.1) is 6.07 Å². The van der Waals surface area contributed by atoms with E-state index >= 15 is 0 Å². The number of pyridine rings is 2. The van der Waals surface area contributed by atoms with Gasteiger partial charge in [-0.15, -0.1) is 24.3 Å². The molecule has 0 atom stereocenters. The summed E-state index contributed by atoms with van der Waals surface area (Å²) in [6.45, 7) is 25.0. The molecular formula is C49H55N2OPtSi-. The van der Waals surface area contributed by atoms with E-state index in [9.17, 15) is 5.11 Å². The first kappa shape index (κ1) is 41.1. The van der Waals surface area contributed by atoms with Crippen LogP contribution >= 0.6 is 0 Å². The van der Waals surface area contributed by atoms with Gasteiger partial charge in [0.05, 0.1) is 13.8 Å². The molecule has 0 unspecified atom stereocenters. The second-order valence-corrected chi connectivity index (χ2v) is 21.8. The molecule has 282 valence electrons. The molecule has 1 N–H and O–H groups in total. The monoisotopic (exact) mass is 910 g/mol. The van der Waals surface area contributed by atoms with Gasteiger partial charge in [0.1, 0.15) is 5.75 Å². The van der Waals surface area contributed by atoms with Gasteiger partial charge in [0.25, 0.3) is 0 Å². The summed E-state index contributed by atoms with van der Waals surface area (Å²) >= 11 is 0. The van der Waals surface area contributed by atoms with Gasteiger partial charge in [-0.05, 0) is 92.4 Å². The Bertz CT molecular complexity index is 2210. The molecule has 0 aliphatic rings. The SMILES string of the molecule is CC(C)c1cccc(C(C)C)c1-c1ccnc(-c2[c-]c(-c3cc(-c4c(C(C)C)cccc4C(C)C)cc(-c4ccc([Si](C)(C)C)cc4O)n3)ccc2)c1.[Pt]. The summed E-state index contributed by atoms with van der Waals surface area (Å²) in [5.74, 6) is 1.72. The van der Waals surface area contributed by atoms with Gasteiger partial charge >= 0.3 is 0 Å². The Hall–Kier alpha value is -4.11. The number of hydrogen-bond donors (Lipinski definition) is 1. The van der Waals surface area contributed by atoms with E-state index in [2.05, 4.69) is 166 Å². The molecule has 0 saturated heterocycles. The van der Waals surface area contributed by atoms with Crippen LogP contribution in [0.15, 0.2) is 103 Å². The maximum absolute atomic E-state index is 11.5. The van der Waals surface area contributed by atoms with Gasteiger partial charge in [0.2, 0.25) is 0 Å². The zero-order valence-electron chi connectivity index (χ0n) is 33.8. The van der Waals surface area contributed by atoms with Crippen molar-refractivity contribution in [2.75, 3.05) is 0 Å². The fraction of sp³-hybridized carbons (Fsp3) is 0.306. The molecule has 2 aromatic heterocycles. The second-order valence-electron chi connectivity index (χ2n) is 16.8. The van der Waals surface area contributed by atoms with Gasteiger partial charge < -0.3 is 5.11 Å². The molecule has 6 aromatic rings. The van der Waals surface area contributed by atoms with Crippen LogP contribution in [-0.4, -0.2) is 23.1 Å². The first-order chi connectivity index (χ1) is 25.1. The molecule has 3 nitrogen and oxygen atoms in total. The minimum atomic E-state index is -1.63. The van der Waals surface area contributed by atoms with E-state index in [4.69, 9.17) is 9.97 Å². The van der Waals surface area contributed by atoms with Crippen molar-refractivity contribution >= 4 is 13.3 Å². The summed E-state index contributed by atoms with van der Waals surface area (Å²) < 4.78 is 0. The number of aromatic hydroxyl groups is 1. The van der Waals surface area contributed by atoms with Crippen molar-refractivity contribution in [3.05, 3.63) is 132 Å². The van der Waals surface area contributed by atoms with E-state index in [-0.39, 0.29) is 26.8 Å². The molecule has 0 fully saturated rings. The van der Waals surface area contributed by atoms with E-state index in [1.165, 1.54) is 44.1 Å². The predicted octanol–water partition coefficient (Wildman–Crippen LogP) is 13.4. The molecule has 5 heteroatoms. The van der Waals surface area contributed by atoms with Crippen LogP contribution in [0.2, 0.25) is 19.6 Å². The van der Waals surface area contributed by atoms with E-state index < -0.39 is 8.07 Å². The summed E-state index contributed by atoms with van der Waals surface area (Å²) in [6, 6.07) is 38.2. The van der Waals surface area contributed by atoms with Crippen molar-refractivity contribution in [1.82, 2.24) is 9.97 Å². The summed E-state index contributed by atoms with van der Waals surface area (Å²) in [4.78, 5) is 10.1. The molecule has 4 aromatic carbocycles. The number of nitrogens with zero attached hydrogens (tertiary/aromatic N) is 2. The smallest absolute Gasteiger partial charge is 0.124 e. The Morgan fingerprint density at radius 3 is 1.50 bits per heavy atom. The Kier molecular flexibility index (Phi) is 12.7. The molecule has 6 rings (SSSR count). The van der Waals surface area contributed by atoms with Crippen molar-refractivity contribution in [3.8, 4) is 61.8 Å². The molecule has 54 heavy (non-hydrogen) atoms. The largest absolute Gasteiger partial charge is 0.507 e. The molecule has 0 radical (unpaired) electrons. The average Bonchev–Trinajstić information content (AvgIpc) is 3.13. The van der Waals surface area contributed by atoms with Crippen molar-refractivity contribution in [3.63, 3.8) is 0 Å². The minimum absolute atomic E-state index is 0. The Morgan fingerprint density at radius 2 is 1.00 bits per heavy atom. The number of hydrogen-bond acceptors (Lipinski definition) is 3. The van der Waals surface area contributed by atoms with Crippen LogP contribution in [0.3, 0.4) is 0 Å². The first-order valence-electron chi connectivity index (χ1n) is 19.3. The first-order valence-corrected chi connectivity index (χ1v) is 22.8. The van der Waals surface area contributed by atoms with E-state index in [1.54, 1.807) is 0 Å². The molecule has 0 aliphatic heterocycles. The zero-order chi connectivity index (χ0) is 38.2. The number of rotatable bonds is 10. The van der Waals surface area contributed by atoms with Gasteiger partial charge in [0.15, 0.2) is 0 Å². The zero-order valence-corrected chi connectivity index (χ0v) is 37.1. The number of aromatic nitrogens is 2. The third-order valence-corrected chi connectivity index (χ3v) is 12.4. The van der Waals surface area contributed by atoms with Crippen molar-refractivity contribution in [2.45, 2.75) is 98.7 Å². The molecule has 0 amide bonds. The number of benzene rings is 4. The molecule has 0 spiro atoms. The fourth-order valence-electron chi connectivity index (χ4n) is 7.44. The molecule has 0 bridgehead atoms. The summed E-state index contributed by atoms with van der Waals surface area (Å²) in [7, 11) is -1.63. The predicted molar refractivity (Wildman–Crippen MR) is 229 cm³/mol. The quantitative estimate of drug-likeness (QED) is 0.110. The minimum Gasteiger partial charge on any atom is -0.507 e. The third kappa shape index (κ3) is 8.56. The molecule has 2 heterocycles. The maximum atomic E-state index is 11.5. The standard InChI is InChI=1S/C49H55N2OSi.Pt/c1-30(2)39-17-13-18-40(31(3)4)48(39)36-23-24-50-44(26-36)34-15-12-16-35(25-34)45-27-37(49-41(32(5)6)19-14-20-42(49)33(7)8)28-46(51-45)43-22-21-38(29-47(43)52)53(9,10)11;/h12-24,26-33,52H,1-11H3;/q-1;. The number of phenols is 1. The Labute approximate surface area is 339 Å². The molecule has 0 aliphatic carbocycles. The van der Waals surface area contributed by atoms with E-state index in [0.717, 1.165) is 39.3 Å². The van der Waals surface area contributed by atoms with Crippen LogP contribution in [0.25, 0.3) is 56.0 Å². The van der Waals surface area contributed by atoms with Gasteiger partial charge in [-0.3, -0.25) is 9.97 Å². The van der Waals surface area contributed by atoms with Gasteiger partial charge in [-0.2, -0.15) is 0 Å². The van der Waals surface area contributed by atoms with Crippen molar-refractivity contribution in [2.24, 2.45) is 0 Å². The van der Waals surface area contributed by atoms with Gasteiger partial charge in [-0.25, -0.2) is 0 Å². The van der Waals surface area contributed by atoms with Crippen LogP contribution in [0.1, 0.15) is 101 Å². The van der Waals surface area contributed by atoms with Gasteiger partial charge in [-0.1, -0.05) is 146 Å². The van der Waals surface area contributed by atoms with Crippen LogP contribution in [-0.2, 0) is 21.1 Å². The summed E-state index contributed by atoms with van der Waals surface area (Å²) in [5.41, 5.74) is 15.1. The topological polar surface area (TPSA) is 46.0 Å². The third-order valence-electron chi connectivity index (χ3n) is 10.4. The van der Waals surface area contributed by atoms with Crippen molar-refractivity contribution in [1.29, 1.82) is 0 Å². The second kappa shape index (κ2) is 16.7. The van der Waals surface area contributed by atoms with Crippen LogP contribution < -0.4 is 5.19 Å². The van der Waals surface area contributed by atoms with Gasteiger partial charge in [0, 0.05) is 44.2 Å². The Morgan fingerprint density at radius 1 is 0.537 bits per heavy atom. The summed E-state index contributed by atoms with van der Waals surface area (Å²) in [6.07, 6.45) is 1.92. The molecule has 0 saturated carbocycles. The average molecular weight is 911 g/mol.